The molecule has 0 radical (unpaired) electrons. The molecule has 0 bridgehead atoms. The van der Waals surface area contributed by atoms with E-state index in [1.165, 1.54) is 0 Å². The van der Waals surface area contributed by atoms with Gasteiger partial charge in [0.1, 0.15) is 11.4 Å². The number of benzene rings is 1. The van der Waals surface area contributed by atoms with Crippen LogP contribution in [0.25, 0.3) is 0 Å². The van der Waals surface area contributed by atoms with Gasteiger partial charge in [0, 0.05) is 45.5 Å². The summed E-state index contributed by atoms with van der Waals surface area (Å²) in [6.45, 7) is 4.98. The number of carbonyl (C=O) groups excluding carboxylic acids is 1. The van der Waals surface area contributed by atoms with Crippen molar-refractivity contribution >= 4 is 17.5 Å². The highest BCUT2D eigenvalue weighted by molar-refractivity contribution is 5.92. The molecule has 4 rings (SSSR count). The zero-order valence-electron chi connectivity index (χ0n) is 15.7. The number of hydrogen-bond acceptors (Lipinski definition) is 6. The van der Waals surface area contributed by atoms with Crippen LogP contribution in [0.5, 0.6) is 5.75 Å². The molecule has 1 aromatic heterocycles. The smallest absolute Gasteiger partial charge is 0.272 e. The van der Waals surface area contributed by atoms with Gasteiger partial charge in [-0.3, -0.25) is 4.79 Å². The number of nitrogens with zero attached hydrogens (tertiary/aromatic N) is 5. The highest BCUT2D eigenvalue weighted by Gasteiger charge is 2.24. The third-order valence-electron chi connectivity index (χ3n) is 5.24. The van der Waals surface area contributed by atoms with Crippen molar-refractivity contribution in [1.29, 1.82) is 0 Å². The first-order valence-corrected chi connectivity index (χ1v) is 9.51. The van der Waals surface area contributed by atoms with E-state index in [0.29, 0.717) is 11.6 Å². The Bertz CT molecular complexity index is 798. The van der Waals surface area contributed by atoms with Crippen molar-refractivity contribution in [3.63, 3.8) is 0 Å². The van der Waals surface area contributed by atoms with Gasteiger partial charge in [0.2, 0.25) is 5.95 Å². The molecule has 0 saturated carbocycles. The van der Waals surface area contributed by atoms with E-state index in [2.05, 4.69) is 25.8 Å². The molecule has 1 amide bonds. The van der Waals surface area contributed by atoms with Crippen molar-refractivity contribution in [2.45, 2.75) is 12.8 Å². The van der Waals surface area contributed by atoms with Crippen LogP contribution in [-0.4, -0.2) is 67.2 Å². The number of para-hydroxylation sites is 2. The summed E-state index contributed by atoms with van der Waals surface area (Å²) in [5, 5.41) is 0. The summed E-state index contributed by atoms with van der Waals surface area (Å²) < 4.78 is 5.48. The lowest BCUT2D eigenvalue weighted by atomic mass is 10.2. The van der Waals surface area contributed by atoms with E-state index in [1.807, 2.05) is 23.1 Å². The molecular formula is C20H25N5O2. The first-order chi connectivity index (χ1) is 13.3. The van der Waals surface area contributed by atoms with Crippen LogP contribution in [0.2, 0.25) is 0 Å². The number of piperazine rings is 1. The van der Waals surface area contributed by atoms with Crippen LogP contribution in [-0.2, 0) is 0 Å². The molecule has 142 valence electrons. The van der Waals surface area contributed by atoms with Gasteiger partial charge in [0.25, 0.3) is 5.91 Å². The fraction of sp³-hybridized carbons (Fsp3) is 0.450. The molecule has 0 spiro atoms. The van der Waals surface area contributed by atoms with Gasteiger partial charge in [0.05, 0.1) is 12.8 Å². The molecule has 2 aromatic rings. The highest BCUT2D eigenvalue weighted by atomic mass is 16.5. The monoisotopic (exact) mass is 367 g/mol. The Morgan fingerprint density at radius 3 is 2.41 bits per heavy atom. The molecule has 0 aliphatic carbocycles. The molecule has 1 aromatic carbocycles. The van der Waals surface area contributed by atoms with E-state index < -0.39 is 0 Å². The zero-order valence-corrected chi connectivity index (χ0v) is 15.7. The lowest BCUT2D eigenvalue weighted by Gasteiger charge is -2.36. The van der Waals surface area contributed by atoms with Gasteiger partial charge >= 0.3 is 0 Å². The van der Waals surface area contributed by atoms with Crippen LogP contribution in [0.4, 0.5) is 11.6 Å². The largest absolute Gasteiger partial charge is 0.495 e. The van der Waals surface area contributed by atoms with Crippen LogP contribution in [0.3, 0.4) is 0 Å². The van der Waals surface area contributed by atoms with Gasteiger partial charge in [-0.15, -0.1) is 0 Å². The highest BCUT2D eigenvalue weighted by Crippen LogP contribution is 2.28. The molecule has 2 aliphatic rings. The number of rotatable bonds is 4. The normalized spacial score (nSPS) is 17.3. The second kappa shape index (κ2) is 7.82. The standard InChI is InChI=1S/C20H25N5O2/c1-27-18-7-3-2-6-17(18)23-12-14-25(15-13-23)20-21-9-8-16(22-20)19(26)24-10-4-5-11-24/h2-3,6-9H,4-5,10-15H2,1H3. The van der Waals surface area contributed by atoms with Gasteiger partial charge in [0.15, 0.2) is 0 Å². The molecule has 7 heteroatoms. The molecular weight excluding hydrogens is 342 g/mol. The Morgan fingerprint density at radius 1 is 0.963 bits per heavy atom. The van der Waals surface area contributed by atoms with Crippen molar-refractivity contribution in [2.24, 2.45) is 0 Å². The number of aromatic nitrogens is 2. The zero-order chi connectivity index (χ0) is 18.6. The Labute approximate surface area is 159 Å². The lowest BCUT2D eigenvalue weighted by Crippen LogP contribution is -2.47. The Balaban J connectivity index is 1.44. The maximum Gasteiger partial charge on any atom is 0.272 e. The average molecular weight is 367 g/mol. The molecule has 0 N–H and O–H groups in total. The minimum Gasteiger partial charge on any atom is -0.495 e. The Morgan fingerprint density at radius 2 is 1.67 bits per heavy atom. The van der Waals surface area contributed by atoms with Gasteiger partial charge in [-0.2, -0.15) is 0 Å². The van der Waals surface area contributed by atoms with Crippen molar-refractivity contribution < 1.29 is 9.53 Å². The fourth-order valence-electron chi connectivity index (χ4n) is 3.74. The van der Waals surface area contributed by atoms with Crippen molar-refractivity contribution in [3.8, 4) is 5.75 Å². The summed E-state index contributed by atoms with van der Waals surface area (Å²) in [6, 6.07) is 9.80. The van der Waals surface area contributed by atoms with E-state index in [9.17, 15) is 4.79 Å². The van der Waals surface area contributed by atoms with Gasteiger partial charge < -0.3 is 19.4 Å². The second-order valence-corrected chi connectivity index (χ2v) is 6.89. The molecule has 3 heterocycles. The minimum absolute atomic E-state index is 0.0174. The first-order valence-electron chi connectivity index (χ1n) is 9.51. The van der Waals surface area contributed by atoms with E-state index in [0.717, 1.165) is 63.5 Å². The Hall–Kier alpha value is -2.83. The van der Waals surface area contributed by atoms with Gasteiger partial charge in [-0.05, 0) is 31.0 Å². The van der Waals surface area contributed by atoms with Crippen molar-refractivity contribution in [1.82, 2.24) is 14.9 Å². The summed E-state index contributed by atoms with van der Waals surface area (Å²) in [7, 11) is 1.70. The fourth-order valence-corrected chi connectivity index (χ4v) is 3.74. The molecule has 0 unspecified atom stereocenters. The SMILES string of the molecule is COc1ccccc1N1CCN(c2nccc(C(=O)N3CCCC3)n2)CC1. The summed E-state index contributed by atoms with van der Waals surface area (Å²) >= 11 is 0. The first kappa shape index (κ1) is 17.6. The number of likely N-dealkylation sites (tertiary alicyclic amines) is 1. The van der Waals surface area contributed by atoms with Crippen molar-refractivity contribution in [2.75, 3.05) is 56.2 Å². The molecule has 27 heavy (non-hydrogen) atoms. The average Bonchev–Trinajstić information content (AvgIpc) is 3.28. The van der Waals surface area contributed by atoms with E-state index in [-0.39, 0.29) is 5.91 Å². The molecule has 2 fully saturated rings. The summed E-state index contributed by atoms with van der Waals surface area (Å²) in [4.78, 5) is 27.9. The predicted molar refractivity (Wildman–Crippen MR) is 105 cm³/mol. The van der Waals surface area contributed by atoms with Crippen LogP contribution in [0.1, 0.15) is 23.3 Å². The number of ether oxygens (including phenoxy) is 1. The number of methoxy groups -OCH3 is 1. The molecule has 2 saturated heterocycles. The van der Waals surface area contributed by atoms with Crippen LogP contribution >= 0.6 is 0 Å². The number of amides is 1. The summed E-state index contributed by atoms with van der Waals surface area (Å²) in [6.07, 6.45) is 3.85. The summed E-state index contributed by atoms with van der Waals surface area (Å²) in [5.41, 5.74) is 1.60. The van der Waals surface area contributed by atoms with Crippen molar-refractivity contribution in [3.05, 3.63) is 42.2 Å². The Kier molecular flexibility index (Phi) is 5.09. The predicted octanol–water partition coefficient (Wildman–Crippen LogP) is 2.05. The van der Waals surface area contributed by atoms with E-state index >= 15 is 0 Å². The second-order valence-electron chi connectivity index (χ2n) is 6.89. The van der Waals surface area contributed by atoms with E-state index in [4.69, 9.17) is 4.74 Å². The number of anilines is 2. The number of carbonyl (C=O) groups is 1. The van der Waals surface area contributed by atoms with Gasteiger partial charge in [-0.25, -0.2) is 9.97 Å². The maximum absolute atomic E-state index is 12.6. The molecule has 2 aliphatic heterocycles. The minimum atomic E-state index is 0.0174. The van der Waals surface area contributed by atoms with Gasteiger partial charge in [-0.1, -0.05) is 12.1 Å². The van der Waals surface area contributed by atoms with E-state index in [1.54, 1.807) is 19.4 Å². The van der Waals surface area contributed by atoms with Crippen LogP contribution in [0.15, 0.2) is 36.5 Å². The van der Waals surface area contributed by atoms with Crippen LogP contribution < -0.4 is 14.5 Å². The third-order valence-corrected chi connectivity index (χ3v) is 5.24. The maximum atomic E-state index is 12.6. The summed E-state index contributed by atoms with van der Waals surface area (Å²) in [5.74, 6) is 1.55. The number of hydrogen-bond donors (Lipinski definition) is 0. The van der Waals surface area contributed by atoms with Crippen LogP contribution in [0, 0.1) is 0 Å². The third kappa shape index (κ3) is 3.67. The lowest BCUT2D eigenvalue weighted by molar-refractivity contribution is 0.0787. The quantitative estimate of drug-likeness (QED) is 0.824. The molecule has 0 atom stereocenters. The topological polar surface area (TPSA) is 61.8 Å². The molecule has 7 nitrogen and oxygen atoms in total.